The molecule has 0 bridgehead atoms. The van der Waals surface area contributed by atoms with Crippen LogP contribution in [0.15, 0.2) is 18.7 Å². The summed E-state index contributed by atoms with van der Waals surface area (Å²) >= 11 is 6.28. The molecule has 25 heavy (non-hydrogen) atoms. The Kier molecular flexibility index (Phi) is 4.78. The number of hydrogen-bond acceptors (Lipinski definition) is 4. The van der Waals surface area contributed by atoms with E-state index < -0.39 is 5.60 Å². The van der Waals surface area contributed by atoms with Gasteiger partial charge in [0.25, 0.3) is 0 Å². The third kappa shape index (κ3) is 3.25. The smallest absolute Gasteiger partial charge is 0.410 e. The summed E-state index contributed by atoms with van der Waals surface area (Å²) in [6.07, 6.45) is 2.70. The number of ketones is 1. The number of fused-ring (bicyclic) bond motifs is 1. The SMILES string of the molecule is C=CCOC(=O)N1CCC2(CC1)CC(=O)c1c(cc(C)c(Cl)c1C)O2. The molecule has 6 heteroatoms. The van der Waals surface area contributed by atoms with E-state index in [1.54, 1.807) is 11.0 Å². The summed E-state index contributed by atoms with van der Waals surface area (Å²) in [5, 5.41) is 0.617. The van der Waals surface area contributed by atoms with Gasteiger partial charge in [-0.05, 0) is 31.0 Å². The van der Waals surface area contributed by atoms with Gasteiger partial charge in [0.15, 0.2) is 5.78 Å². The number of nitrogens with zero attached hydrogens (tertiary/aromatic N) is 1. The van der Waals surface area contributed by atoms with Crippen LogP contribution in [0.25, 0.3) is 0 Å². The van der Waals surface area contributed by atoms with E-state index in [0.29, 0.717) is 48.7 Å². The number of likely N-dealkylation sites (tertiary alicyclic amines) is 1. The average Bonchev–Trinajstić information content (AvgIpc) is 2.57. The minimum Gasteiger partial charge on any atom is -0.486 e. The maximum absolute atomic E-state index is 12.7. The molecule has 5 nitrogen and oxygen atoms in total. The monoisotopic (exact) mass is 363 g/mol. The van der Waals surface area contributed by atoms with Gasteiger partial charge in [0.1, 0.15) is 18.0 Å². The highest BCUT2D eigenvalue weighted by molar-refractivity contribution is 6.32. The van der Waals surface area contributed by atoms with Crippen molar-refractivity contribution in [2.75, 3.05) is 19.7 Å². The van der Waals surface area contributed by atoms with E-state index in [0.717, 1.165) is 11.1 Å². The maximum atomic E-state index is 12.7. The van der Waals surface area contributed by atoms with E-state index in [9.17, 15) is 9.59 Å². The van der Waals surface area contributed by atoms with Gasteiger partial charge in [-0.25, -0.2) is 4.79 Å². The standard InChI is InChI=1S/C19H22ClNO4/c1-4-9-24-18(23)21-7-5-19(6-8-21)11-14(22)16-13(3)17(20)12(2)10-15(16)25-19/h4,10H,1,5-9,11H2,2-3H3. The molecule has 2 heterocycles. The molecule has 0 unspecified atom stereocenters. The van der Waals surface area contributed by atoms with Gasteiger partial charge < -0.3 is 14.4 Å². The first kappa shape index (κ1) is 17.8. The van der Waals surface area contributed by atoms with Crippen molar-refractivity contribution in [3.05, 3.63) is 40.4 Å². The molecule has 0 N–H and O–H groups in total. The number of ether oxygens (including phenoxy) is 2. The Morgan fingerprint density at radius 3 is 2.76 bits per heavy atom. The van der Waals surface area contributed by atoms with E-state index >= 15 is 0 Å². The van der Waals surface area contributed by atoms with Crippen molar-refractivity contribution < 1.29 is 19.1 Å². The largest absolute Gasteiger partial charge is 0.486 e. The Bertz CT molecular complexity index is 735. The number of Topliss-reactive ketones (excluding diaryl/α,β-unsaturated/α-hetero) is 1. The van der Waals surface area contributed by atoms with Gasteiger partial charge in [0.05, 0.1) is 12.0 Å². The van der Waals surface area contributed by atoms with E-state index in [1.807, 2.05) is 19.9 Å². The summed E-state index contributed by atoms with van der Waals surface area (Å²) in [4.78, 5) is 26.3. The highest BCUT2D eigenvalue weighted by Gasteiger charge is 2.44. The molecule has 1 aromatic rings. The number of aryl methyl sites for hydroxylation is 1. The molecule has 2 aliphatic rings. The molecule has 0 aromatic heterocycles. The molecule has 1 aromatic carbocycles. The average molecular weight is 364 g/mol. The zero-order valence-electron chi connectivity index (χ0n) is 14.6. The second-order valence-electron chi connectivity index (χ2n) is 6.74. The van der Waals surface area contributed by atoms with Crippen molar-refractivity contribution in [1.29, 1.82) is 0 Å². The highest BCUT2D eigenvalue weighted by atomic mass is 35.5. The van der Waals surface area contributed by atoms with Crippen LogP contribution in [0.2, 0.25) is 5.02 Å². The Hall–Kier alpha value is -2.01. The van der Waals surface area contributed by atoms with Crippen molar-refractivity contribution in [3.63, 3.8) is 0 Å². The van der Waals surface area contributed by atoms with Crippen molar-refractivity contribution in [3.8, 4) is 5.75 Å². The minimum absolute atomic E-state index is 0.0586. The fourth-order valence-corrected chi connectivity index (χ4v) is 3.75. The van der Waals surface area contributed by atoms with Crippen molar-refractivity contribution in [2.45, 2.75) is 38.7 Å². The maximum Gasteiger partial charge on any atom is 0.410 e. The van der Waals surface area contributed by atoms with Crippen LogP contribution in [0.3, 0.4) is 0 Å². The second kappa shape index (κ2) is 6.71. The lowest BCUT2D eigenvalue weighted by Gasteiger charge is -2.44. The van der Waals surface area contributed by atoms with Gasteiger partial charge in [-0.2, -0.15) is 0 Å². The molecule has 1 amide bonds. The van der Waals surface area contributed by atoms with Gasteiger partial charge in [-0.1, -0.05) is 24.3 Å². The van der Waals surface area contributed by atoms with Crippen LogP contribution < -0.4 is 4.74 Å². The van der Waals surface area contributed by atoms with Crippen LogP contribution >= 0.6 is 11.6 Å². The Morgan fingerprint density at radius 1 is 1.44 bits per heavy atom. The number of halogens is 1. The van der Waals surface area contributed by atoms with Crippen LogP contribution in [0.1, 0.15) is 40.7 Å². The molecule has 3 rings (SSSR count). The molecule has 0 radical (unpaired) electrons. The van der Waals surface area contributed by atoms with Gasteiger partial charge in [-0.15, -0.1) is 0 Å². The van der Waals surface area contributed by atoms with Crippen molar-refractivity contribution in [1.82, 2.24) is 4.90 Å². The predicted octanol–water partition coefficient (Wildman–Crippen LogP) is 4.08. The lowest BCUT2D eigenvalue weighted by atomic mass is 9.81. The molecule has 1 saturated heterocycles. The van der Waals surface area contributed by atoms with Crippen LogP contribution in [-0.4, -0.2) is 42.1 Å². The number of benzene rings is 1. The minimum atomic E-state index is -0.550. The highest BCUT2D eigenvalue weighted by Crippen LogP contribution is 2.43. The van der Waals surface area contributed by atoms with E-state index in [4.69, 9.17) is 21.1 Å². The van der Waals surface area contributed by atoms with Crippen LogP contribution in [0.4, 0.5) is 4.79 Å². The molecule has 1 fully saturated rings. The summed E-state index contributed by atoms with van der Waals surface area (Å²) in [5.41, 5.74) is 1.72. The molecule has 2 aliphatic heterocycles. The second-order valence-corrected chi connectivity index (χ2v) is 7.12. The summed E-state index contributed by atoms with van der Waals surface area (Å²) in [5.74, 6) is 0.668. The van der Waals surface area contributed by atoms with Crippen molar-refractivity contribution in [2.24, 2.45) is 0 Å². The predicted molar refractivity (Wildman–Crippen MR) is 95.6 cm³/mol. The lowest BCUT2D eigenvalue weighted by molar-refractivity contribution is -0.00821. The first-order chi connectivity index (χ1) is 11.9. The van der Waals surface area contributed by atoms with Crippen molar-refractivity contribution >= 4 is 23.5 Å². The van der Waals surface area contributed by atoms with Gasteiger partial charge in [0.2, 0.25) is 0 Å². The molecular formula is C19H22ClNO4. The molecule has 1 spiro atoms. The number of rotatable bonds is 2. The molecule has 134 valence electrons. The topological polar surface area (TPSA) is 55.8 Å². The number of carbonyl (C=O) groups is 2. The van der Waals surface area contributed by atoms with E-state index in [-0.39, 0.29) is 18.5 Å². The van der Waals surface area contributed by atoms with Gasteiger partial charge >= 0.3 is 6.09 Å². The fourth-order valence-electron chi connectivity index (χ4n) is 3.60. The van der Waals surface area contributed by atoms with E-state index in [1.165, 1.54) is 0 Å². The number of amides is 1. The zero-order chi connectivity index (χ0) is 18.2. The molecule has 0 aliphatic carbocycles. The Morgan fingerprint density at radius 2 is 2.12 bits per heavy atom. The molecule has 0 atom stereocenters. The number of hydrogen-bond donors (Lipinski definition) is 0. The third-order valence-corrected chi connectivity index (χ3v) is 5.57. The molecular weight excluding hydrogens is 342 g/mol. The zero-order valence-corrected chi connectivity index (χ0v) is 15.3. The Balaban J connectivity index is 1.77. The first-order valence-corrected chi connectivity index (χ1v) is 8.79. The normalized spacial score (nSPS) is 18.5. The van der Waals surface area contributed by atoms with Gasteiger partial charge in [-0.3, -0.25) is 4.79 Å². The summed E-state index contributed by atoms with van der Waals surface area (Å²) in [6, 6.07) is 1.84. The summed E-state index contributed by atoms with van der Waals surface area (Å²) in [6.45, 7) is 8.50. The van der Waals surface area contributed by atoms with E-state index in [2.05, 4.69) is 6.58 Å². The first-order valence-electron chi connectivity index (χ1n) is 8.41. The quantitative estimate of drug-likeness (QED) is 0.743. The lowest BCUT2D eigenvalue weighted by Crippen LogP contribution is -2.52. The van der Waals surface area contributed by atoms with Crippen LogP contribution in [0.5, 0.6) is 5.75 Å². The molecule has 0 saturated carbocycles. The fraction of sp³-hybridized carbons (Fsp3) is 0.474. The third-order valence-electron chi connectivity index (χ3n) is 4.99. The van der Waals surface area contributed by atoms with Crippen LogP contribution in [-0.2, 0) is 4.74 Å². The summed E-state index contributed by atoms with van der Waals surface area (Å²) < 4.78 is 11.4. The van der Waals surface area contributed by atoms with Crippen LogP contribution in [0, 0.1) is 13.8 Å². The summed E-state index contributed by atoms with van der Waals surface area (Å²) in [7, 11) is 0. The number of carbonyl (C=O) groups excluding carboxylic acids is 2. The van der Waals surface area contributed by atoms with Gasteiger partial charge in [0, 0.05) is 31.0 Å². The Labute approximate surface area is 152 Å². The number of piperidine rings is 1.